The number of hydrogen-bond acceptors (Lipinski definition) is 4. The number of carbonyl (C=O) groups is 3. The summed E-state index contributed by atoms with van der Waals surface area (Å²) in [5.41, 5.74) is 2.21. The molecule has 0 spiro atoms. The van der Waals surface area contributed by atoms with Crippen molar-refractivity contribution in [3.63, 3.8) is 0 Å². The number of imide groups is 1. The summed E-state index contributed by atoms with van der Waals surface area (Å²) in [6.45, 7) is 8.61. The molecule has 4 amide bonds. The number of nitrogens with zero attached hydrogens (tertiary/aromatic N) is 1. The highest BCUT2D eigenvalue weighted by molar-refractivity contribution is 6.08. The molecule has 3 unspecified atom stereocenters. The van der Waals surface area contributed by atoms with Gasteiger partial charge in [-0.05, 0) is 36.2 Å². The summed E-state index contributed by atoms with van der Waals surface area (Å²) >= 11 is 0. The minimum absolute atomic E-state index is 0.0682. The second-order valence-electron chi connectivity index (χ2n) is 9.47. The molecule has 7 nitrogen and oxygen atoms in total. The summed E-state index contributed by atoms with van der Waals surface area (Å²) in [6, 6.07) is 8.78. The van der Waals surface area contributed by atoms with E-state index in [0.717, 1.165) is 24.3 Å². The lowest BCUT2D eigenvalue weighted by Gasteiger charge is -2.41. The summed E-state index contributed by atoms with van der Waals surface area (Å²) < 4.78 is 0. The lowest BCUT2D eigenvalue weighted by Crippen LogP contribution is -2.53. The number of urea groups is 1. The van der Waals surface area contributed by atoms with E-state index in [2.05, 4.69) is 36.8 Å². The van der Waals surface area contributed by atoms with Gasteiger partial charge in [0, 0.05) is 6.04 Å². The second kappa shape index (κ2) is 8.76. The molecule has 7 heteroatoms. The molecule has 2 aliphatic rings. The smallest absolute Gasteiger partial charge is 0.318 e. The average Bonchev–Trinajstić information content (AvgIpc) is 2.97. The molecule has 1 aromatic carbocycles. The van der Waals surface area contributed by atoms with Gasteiger partial charge in [-0.2, -0.15) is 5.01 Å². The van der Waals surface area contributed by atoms with E-state index in [1.54, 1.807) is 0 Å². The summed E-state index contributed by atoms with van der Waals surface area (Å²) in [5.74, 6) is -0.363. The zero-order chi connectivity index (χ0) is 21.9. The van der Waals surface area contributed by atoms with Crippen molar-refractivity contribution in [3.05, 3.63) is 35.9 Å². The van der Waals surface area contributed by atoms with Gasteiger partial charge in [0.25, 0.3) is 11.8 Å². The van der Waals surface area contributed by atoms with Crippen molar-refractivity contribution in [1.29, 1.82) is 0 Å². The Bertz CT molecular complexity index is 789. The molecule has 164 valence electrons. The molecule has 0 radical (unpaired) electrons. The Morgan fingerprint density at radius 1 is 1.17 bits per heavy atom. The molecule has 1 aliphatic heterocycles. The SMILES string of the molecule is CCC1(c2ccccc2)NC(=O)N(NC(=O)CNC2CCCCC2C(C)(C)C)C1=O. The summed E-state index contributed by atoms with van der Waals surface area (Å²) in [4.78, 5) is 38.2. The van der Waals surface area contributed by atoms with Gasteiger partial charge in [-0.15, -0.1) is 0 Å². The molecule has 2 fully saturated rings. The Labute approximate surface area is 178 Å². The Morgan fingerprint density at radius 2 is 1.83 bits per heavy atom. The minimum Gasteiger partial charge on any atom is -0.318 e. The number of amides is 4. The molecule has 1 aliphatic carbocycles. The van der Waals surface area contributed by atoms with E-state index >= 15 is 0 Å². The van der Waals surface area contributed by atoms with Gasteiger partial charge < -0.3 is 10.6 Å². The maximum absolute atomic E-state index is 13.1. The first-order valence-corrected chi connectivity index (χ1v) is 10.9. The minimum atomic E-state index is -1.15. The lowest BCUT2D eigenvalue weighted by molar-refractivity contribution is -0.139. The highest BCUT2D eigenvalue weighted by Crippen LogP contribution is 2.38. The van der Waals surface area contributed by atoms with Crippen molar-refractivity contribution in [2.24, 2.45) is 11.3 Å². The first kappa shape index (κ1) is 22.3. The van der Waals surface area contributed by atoms with E-state index in [1.807, 2.05) is 37.3 Å². The molecular weight excluding hydrogens is 380 g/mol. The van der Waals surface area contributed by atoms with E-state index < -0.39 is 23.4 Å². The largest absolute Gasteiger partial charge is 0.344 e. The number of hydrogen-bond donors (Lipinski definition) is 3. The predicted octanol–water partition coefficient (Wildman–Crippen LogP) is 3.07. The maximum atomic E-state index is 13.1. The van der Waals surface area contributed by atoms with Gasteiger partial charge in [-0.1, -0.05) is 70.9 Å². The molecule has 3 N–H and O–H groups in total. The van der Waals surface area contributed by atoms with Crippen LogP contribution in [0.5, 0.6) is 0 Å². The molecule has 30 heavy (non-hydrogen) atoms. The molecule has 3 rings (SSSR count). The number of hydrazine groups is 1. The van der Waals surface area contributed by atoms with Crippen LogP contribution in [0.25, 0.3) is 0 Å². The van der Waals surface area contributed by atoms with Crippen molar-refractivity contribution < 1.29 is 14.4 Å². The Kier molecular flexibility index (Phi) is 6.50. The van der Waals surface area contributed by atoms with Crippen molar-refractivity contribution >= 4 is 17.8 Å². The lowest BCUT2D eigenvalue weighted by atomic mass is 9.69. The van der Waals surface area contributed by atoms with Crippen LogP contribution in [0.4, 0.5) is 4.79 Å². The third-order valence-corrected chi connectivity index (χ3v) is 6.53. The molecule has 1 saturated heterocycles. The molecular formula is C23H34N4O3. The third kappa shape index (κ3) is 4.36. The van der Waals surface area contributed by atoms with Crippen LogP contribution in [-0.4, -0.2) is 35.4 Å². The predicted molar refractivity (Wildman–Crippen MR) is 115 cm³/mol. The van der Waals surface area contributed by atoms with Crippen molar-refractivity contribution in [2.45, 2.75) is 71.4 Å². The van der Waals surface area contributed by atoms with Gasteiger partial charge in [0.15, 0.2) is 0 Å². The monoisotopic (exact) mass is 414 g/mol. The first-order valence-electron chi connectivity index (χ1n) is 10.9. The van der Waals surface area contributed by atoms with Crippen molar-refractivity contribution in [2.75, 3.05) is 6.54 Å². The average molecular weight is 415 g/mol. The zero-order valence-corrected chi connectivity index (χ0v) is 18.5. The summed E-state index contributed by atoms with van der Waals surface area (Å²) in [7, 11) is 0. The maximum Gasteiger partial charge on any atom is 0.344 e. The van der Waals surface area contributed by atoms with Crippen LogP contribution in [0.2, 0.25) is 0 Å². The number of carbonyl (C=O) groups excluding carboxylic acids is 3. The van der Waals surface area contributed by atoms with E-state index in [-0.39, 0.29) is 18.0 Å². The number of rotatable bonds is 6. The zero-order valence-electron chi connectivity index (χ0n) is 18.5. The van der Waals surface area contributed by atoms with Crippen molar-refractivity contribution in [3.8, 4) is 0 Å². The van der Waals surface area contributed by atoms with Gasteiger partial charge in [-0.3, -0.25) is 15.0 Å². The fourth-order valence-electron chi connectivity index (χ4n) is 4.84. The molecule has 1 saturated carbocycles. The van der Waals surface area contributed by atoms with Gasteiger partial charge in [0.05, 0.1) is 6.54 Å². The molecule has 0 bridgehead atoms. The number of benzene rings is 1. The normalized spacial score (nSPS) is 27.1. The standard InChI is InChI=1S/C23H34N4O3/c1-5-23(16-11-7-6-8-12-16)20(29)27(21(30)25-23)26-19(28)15-24-18-14-10-9-13-17(18)22(2,3)4/h6-8,11-12,17-18,24H,5,9-10,13-15H2,1-4H3,(H,25,30)(H,26,28). The Hall–Kier alpha value is -2.41. The highest BCUT2D eigenvalue weighted by atomic mass is 16.2. The molecule has 1 heterocycles. The fraction of sp³-hybridized carbons (Fsp3) is 0.609. The molecule has 0 aromatic heterocycles. The van der Waals surface area contributed by atoms with Gasteiger partial charge in [-0.25, -0.2) is 4.79 Å². The van der Waals surface area contributed by atoms with Crippen LogP contribution in [0.15, 0.2) is 30.3 Å². The molecule has 1 aromatic rings. The van der Waals surface area contributed by atoms with Gasteiger partial charge >= 0.3 is 6.03 Å². The van der Waals surface area contributed by atoms with Gasteiger partial charge in [0.2, 0.25) is 0 Å². The van der Waals surface area contributed by atoms with Crippen LogP contribution in [0.1, 0.15) is 65.4 Å². The topological polar surface area (TPSA) is 90.5 Å². The quantitative estimate of drug-likeness (QED) is 0.624. The van der Waals surface area contributed by atoms with E-state index in [9.17, 15) is 14.4 Å². The van der Waals surface area contributed by atoms with Crippen LogP contribution in [0.3, 0.4) is 0 Å². The highest BCUT2D eigenvalue weighted by Gasteiger charge is 2.52. The molecule has 3 atom stereocenters. The fourth-order valence-corrected chi connectivity index (χ4v) is 4.84. The van der Waals surface area contributed by atoms with Crippen molar-refractivity contribution in [1.82, 2.24) is 21.1 Å². The Balaban J connectivity index is 1.64. The number of nitrogens with one attached hydrogen (secondary N) is 3. The third-order valence-electron chi connectivity index (χ3n) is 6.53. The van der Waals surface area contributed by atoms with E-state index in [4.69, 9.17) is 0 Å². The summed E-state index contributed by atoms with van der Waals surface area (Å²) in [5, 5.41) is 6.96. The van der Waals surface area contributed by atoms with Gasteiger partial charge in [0.1, 0.15) is 5.54 Å². The first-order chi connectivity index (χ1) is 14.2. The van der Waals surface area contributed by atoms with Crippen LogP contribution in [-0.2, 0) is 15.1 Å². The Morgan fingerprint density at radius 3 is 2.47 bits per heavy atom. The summed E-state index contributed by atoms with van der Waals surface area (Å²) in [6.07, 6.45) is 4.93. The van der Waals surface area contributed by atoms with Crippen LogP contribution >= 0.6 is 0 Å². The van der Waals surface area contributed by atoms with Crippen LogP contribution < -0.4 is 16.1 Å². The second-order valence-corrected chi connectivity index (χ2v) is 9.47. The van der Waals surface area contributed by atoms with E-state index in [0.29, 0.717) is 17.9 Å². The van der Waals surface area contributed by atoms with E-state index in [1.165, 1.54) is 6.42 Å². The van der Waals surface area contributed by atoms with Crippen LogP contribution in [0, 0.1) is 11.3 Å².